The van der Waals surface area contributed by atoms with Crippen molar-refractivity contribution < 1.29 is 28.5 Å². The molecule has 0 spiro atoms. The Morgan fingerprint density at radius 1 is 0.583 bits per heavy atom. The summed E-state index contributed by atoms with van der Waals surface area (Å²) in [5.41, 5.74) is 1.66. The summed E-state index contributed by atoms with van der Waals surface area (Å²) < 4.78 is 22.3. The minimum Gasteiger partial charge on any atom is -0.490 e. The van der Waals surface area contributed by atoms with Crippen molar-refractivity contribution in [3.05, 3.63) is 126 Å². The van der Waals surface area contributed by atoms with E-state index in [-0.39, 0.29) is 24.5 Å². The zero-order valence-corrected chi connectivity index (χ0v) is 19.7. The molecule has 182 valence electrons. The first-order chi connectivity index (χ1) is 17.7. The van der Waals surface area contributed by atoms with Gasteiger partial charge >= 0.3 is 11.9 Å². The maximum Gasteiger partial charge on any atom is 0.347 e. The zero-order valence-electron chi connectivity index (χ0n) is 19.7. The number of rotatable bonds is 11. The second-order valence-electron chi connectivity index (χ2n) is 7.80. The Bertz CT molecular complexity index is 1270. The maximum atomic E-state index is 12.8. The van der Waals surface area contributed by atoms with Crippen LogP contribution in [0.3, 0.4) is 0 Å². The third-order valence-corrected chi connectivity index (χ3v) is 5.21. The Labute approximate surface area is 210 Å². The molecule has 0 atom stereocenters. The Kier molecular flexibility index (Phi) is 8.70. The van der Waals surface area contributed by atoms with Gasteiger partial charge in [0.2, 0.25) is 0 Å². The first-order valence-electron chi connectivity index (χ1n) is 11.6. The Morgan fingerprint density at radius 3 is 2.06 bits per heavy atom. The molecule has 0 fully saturated rings. The Morgan fingerprint density at radius 2 is 1.25 bits per heavy atom. The highest BCUT2D eigenvalue weighted by atomic mass is 16.5. The monoisotopic (exact) mass is 482 g/mol. The van der Waals surface area contributed by atoms with Crippen molar-refractivity contribution in [3.63, 3.8) is 0 Å². The lowest BCUT2D eigenvalue weighted by molar-refractivity contribution is 0.0507. The average Bonchev–Trinajstić information content (AvgIpc) is 2.92. The van der Waals surface area contributed by atoms with Crippen LogP contribution >= 0.6 is 0 Å². The second-order valence-corrected chi connectivity index (χ2v) is 7.80. The van der Waals surface area contributed by atoms with Crippen LogP contribution in [0.2, 0.25) is 0 Å². The van der Waals surface area contributed by atoms with E-state index in [9.17, 15) is 9.59 Å². The molecule has 36 heavy (non-hydrogen) atoms. The molecule has 0 aliphatic heterocycles. The van der Waals surface area contributed by atoms with Gasteiger partial charge in [0.25, 0.3) is 0 Å². The SMILES string of the molecule is O=C(OCCc1ccccc1)c1cccc(OC(=O)c2ccccc2OCCOc2ccccc2)c1. The number of esters is 2. The molecule has 0 radical (unpaired) electrons. The number of para-hydroxylation sites is 2. The molecule has 0 unspecified atom stereocenters. The fraction of sp³-hybridized carbons (Fsp3) is 0.133. The first kappa shape index (κ1) is 24.5. The standard InChI is InChI=1S/C30H26O6/c31-29(35-19-18-23-10-3-1-4-11-23)24-12-9-15-26(22-24)36-30(32)27-16-7-8-17-28(27)34-21-20-33-25-13-5-2-6-14-25/h1-17,22H,18-21H2. The summed E-state index contributed by atoms with van der Waals surface area (Å²) in [4.78, 5) is 25.3. The number of benzene rings is 4. The van der Waals surface area contributed by atoms with E-state index in [1.807, 2.05) is 60.7 Å². The quantitative estimate of drug-likeness (QED) is 0.154. The lowest BCUT2D eigenvalue weighted by Crippen LogP contribution is -2.14. The van der Waals surface area contributed by atoms with Crippen LogP contribution in [0.15, 0.2) is 109 Å². The van der Waals surface area contributed by atoms with Crippen LogP contribution in [0.4, 0.5) is 0 Å². The van der Waals surface area contributed by atoms with Crippen molar-refractivity contribution in [1.29, 1.82) is 0 Å². The van der Waals surface area contributed by atoms with Gasteiger partial charge in [-0.05, 0) is 48.0 Å². The fourth-order valence-electron chi connectivity index (χ4n) is 3.43. The number of hydrogen-bond acceptors (Lipinski definition) is 6. The highest BCUT2D eigenvalue weighted by Crippen LogP contribution is 2.22. The molecule has 0 aliphatic carbocycles. The second kappa shape index (κ2) is 12.8. The van der Waals surface area contributed by atoms with Gasteiger partial charge in [-0.15, -0.1) is 0 Å². The molecule has 6 heteroatoms. The van der Waals surface area contributed by atoms with Crippen molar-refractivity contribution in [2.75, 3.05) is 19.8 Å². The first-order valence-corrected chi connectivity index (χ1v) is 11.6. The van der Waals surface area contributed by atoms with Crippen LogP contribution < -0.4 is 14.2 Å². The maximum absolute atomic E-state index is 12.8. The molecule has 0 aromatic heterocycles. The lowest BCUT2D eigenvalue weighted by Gasteiger charge is -2.12. The lowest BCUT2D eigenvalue weighted by atomic mass is 10.2. The number of ether oxygens (including phenoxy) is 4. The van der Waals surface area contributed by atoms with Crippen molar-refractivity contribution in [2.24, 2.45) is 0 Å². The third-order valence-electron chi connectivity index (χ3n) is 5.21. The molecular formula is C30H26O6. The zero-order chi connectivity index (χ0) is 25.0. The molecule has 0 bridgehead atoms. The van der Waals surface area contributed by atoms with Gasteiger partial charge in [0.05, 0.1) is 12.2 Å². The normalized spacial score (nSPS) is 10.3. The van der Waals surface area contributed by atoms with E-state index in [4.69, 9.17) is 18.9 Å². The highest BCUT2D eigenvalue weighted by Gasteiger charge is 2.16. The smallest absolute Gasteiger partial charge is 0.347 e. The molecular weight excluding hydrogens is 456 g/mol. The molecule has 4 rings (SSSR count). The number of hydrogen-bond donors (Lipinski definition) is 0. The van der Waals surface area contributed by atoms with E-state index in [2.05, 4.69) is 0 Å². The summed E-state index contributed by atoms with van der Waals surface area (Å²) in [5.74, 6) is 0.290. The van der Waals surface area contributed by atoms with Crippen molar-refractivity contribution >= 4 is 11.9 Å². The van der Waals surface area contributed by atoms with Gasteiger partial charge < -0.3 is 18.9 Å². The predicted octanol–water partition coefficient (Wildman–Crippen LogP) is 5.76. The van der Waals surface area contributed by atoms with Crippen LogP contribution in [-0.4, -0.2) is 31.8 Å². The topological polar surface area (TPSA) is 71.1 Å². The van der Waals surface area contributed by atoms with E-state index in [1.54, 1.807) is 42.5 Å². The molecule has 4 aromatic carbocycles. The van der Waals surface area contributed by atoms with Crippen LogP contribution in [0, 0.1) is 0 Å². The molecule has 0 saturated carbocycles. The van der Waals surface area contributed by atoms with Gasteiger partial charge in [-0.3, -0.25) is 0 Å². The van der Waals surface area contributed by atoms with Gasteiger partial charge in [0.15, 0.2) is 0 Å². The van der Waals surface area contributed by atoms with E-state index in [1.165, 1.54) is 6.07 Å². The number of carbonyl (C=O) groups excluding carboxylic acids is 2. The predicted molar refractivity (Wildman–Crippen MR) is 136 cm³/mol. The van der Waals surface area contributed by atoms with Gasteiger partial charge in [-0.1, -0.05) is 66.7 Å². The molecule has 0 aliphatic rings. The average molecular weight is 483 g/mol. The van der Waals surface area contributed by atoms with Crippen LogP contribution in [0.5, 0.6) is 17.2 Å². The van der Waals surface area contributed by atoms with E-state index in [0.29, 0.717) is 24.3 Å². The minimum absolute atomic E-state index is 0.236. The van der Waals surface area contributed by atoms with Crippen LogP contribution in [0.1, 0.15) is 26.3 Å². The minimum atomic E-state index is -0.593. The van der Waals surface area contributed by atoms with Crippen molar-refractivity contribution in [2.45, 2.75) is 6.42 Å². The van der Waals surface area contributed by atoms with Crippen molar-refractivity contribution in [3.8, 4) is 17.2 Å². The highest BCUT2D eigenvalue weighted by molar-refractivity contribution is 5.94. The molecule has 0 heterocycles. The van der Waals surface area contributed by atoms with E-state index < -0.39 is 11.9 Å². The molecule has 6 nitrogen and oxygen atoms in total. The fourth-order valence-corrected chi connectivity index (χ4v) is 3.43. The van der Waals surface area contributed by atoms with Crippen LogP contribution in [-0.2, 0) is 11.2 Å². The summed E-state index contributed by atoms with van der Waals surface area (Å²) >= 11 is 0. The Balaban J connectivity index is 1.31. The summed E-state index contributed by atoms with van der Waals surface area (Å²) in [5, 5.41) is 0. The van der Waals surface area contributed by atoms with Gasteiger partial charge in [-0.25, -0.2) is 9.59 Å². The molecule has 0 amide bonds. The summed E-state index contributed by atoms with van der Waals surface area (Å²) in [7, 11) is 0. The summed E-state index contributed by atoms with van der Waals surface area (Å²) in [6.45, 7) is 0.830. The summed E-state index contributed by atoms with van der Waals surface area (Å²) in [6, 6.07) is 32.4. The van der Waals surface area contributed by atoms with Gasteiger partial charge in [0, 0.05) is 6.42 Å². The van der Waals surface area contributed by atoms with Crippen molar-refractivity contribution in [1.82, 2.24) is 0 Å². The van der Waals surface area contributed by atoms with Gasteiger partial charge in [0.1, 0.15) is 36.0 Å². The third kappa shape index (κ3) is 7.21. The summed E-state index contributed by atoms with van der Waals surface area (Å²) in [6.07, 6.45) is 0.619. The molecule has 4 aromatic rings. The van der Waals surface area contributed by atoms with E-state index >= 15 is 0 Å². The molecule has 0 N–H and O–H groups in total. The molecule has 0 saturated heterocycles. The van der Waals surface area contributed by atoms with Crippen LogP contribution in [0.25, 0.3) is 0 Å². The Hall–Kier alpha value is -4.58. The number of carbonyl (C=O) groups is 2. The van der Waals surface area contributed by atoms with Gasteiger partial charge in [-0.2, -0.15) is 0 Å². The van der Waals surface area contributed by atoms with E-state index in [0.717, 1.165) is 11.3 Å². The largest absolute Gasteiger partial charge is 0.490 e.